The van der Waals surface area contributed by atoms with Crippen LogP contribution in [0.2, 0.25) is 0 Å². The molecule has 0 aromatic carbocycles. The van der Waals surface area contributed by atoms with E-state index in [4.69, 9.17) is 9.47 Å². The Hall–Kier alpha value is -1.54. The van der Waals surface area contributed by atoms with E-state index in [2.05, 4.69) is 0 Å². The molecule has 2 spiro atoms. The standard InChI is InChI=1S/C24H40N2O6/c1-21(29)23(13-7-5-8-14-23)31-19(27)25(21)17-11-3-4-12-18-26-20(28)32-24(22(26,2)30)15-9-6-10-16-24/h29-30H,3-18H2,1-2H3. The highest BCUT2D eigenvalue weighted by molar-refractivity contribution is 5.72. The Morgan fingerprint density at radius 2 is 1.00 bits per heavy atom. The molecule has 0 bridgehead atoms. The fourth-order valence-corrected chi connectivity index (χ4v) is 6.39. The fraction of sp³-hybridized carbons (Fsp3) is 0.917. The van der Waals surface area contributed by atoms with Gasteiger partial charge in [-0.05, 0) is 78.1 Å². The van der Waals surface area contributed by atoms with Crippen LogP contribution in [0.4, 0.5) is 9.59 Å². The third kappa shape index (κ3) is 3.77. The largest absolute Gasteiger partial charge is 0.438 e. The molecule has 4 rings (SSSR count). The van der Waals surface area contributed by atoms with Gasteiger partial charge in [0.15, 0.2) is 22.7 Å². The van der Waals surface area contributed by atoms with Crippen LogP contribution in [0, 0.1) is 0 Å². The second kappa shape index (κ2) is 8.67. The van der Waals surface area contributed by atoms with Crippen LogP contribution in [-0.2, 0) is 9.47 Å². The first kappa shape index (κ1) is 23.6. The van der Waals surface area contributed by atoms with E-state index in [1.165, 1.54) is 9.80 Å². The van der Waals surface area contributed by atoms with E-state index in [1.807, 2.05) is 0 Å². The molecule has 2 aliphatic heterocycles. The lowest BCUT2D eigenvalue weighted by Crippen LogP contribution is -2.57. The number of amides is 2. The van der Waals surface area contributed by atoms with Crippen molar-refractivity contribution in [3.63, 3.8) is 0 Å². The summed E-state index contributed by atoms with van der Waals surface area (Å²) in [5, 5.41) is 22.3. The first-order chi connectivity index (χ1) is 15.2. The highest BCUT2D eigenvalue weighted by atomic mass is 16.6. The van der Waals surface area contributed by atoms with Gasteiger partial charge in [-0.25, -0.2) is 9.59 Å². The molecule has 4 fully saturated rings. The van der Waals surface area contributed by atoms with E-state index >= 15 is 0 Å². The maximum absolute atomic E-state index is 12.5. The van der Waals surface area contributed by atoms with Crippen molar-refractivity contribution >= 4 is 12.2 Å². The molecule has 8 heteroatoms. The molecule has 32 heavy (non-hydrogen) atoms. The van der Waals surface area contributed by atoms with Crippen LogP contribution in [0.25, 0.3) is 0 Å². The topological polar surface area (TPSA) is 99.5 Å². The summed E-state index contributed by atoms with van der Waals surface area (Å²) in [7, 11) is 0. The van der Waals surface area contributed by atoms with Crippen LogP contribution in [0.3, 0.4) is 0 Å². The molecule has 8 nitrogen and oxygen atoms in total. The summed E-state index contributed by atoms with van der Waals surface area (Å²) in [5.74, 6) is 0. The number of rotatable bonds is 7. The third-order valence-electron chi connectivity index (χ3n) is 8.62. The number of hydrogen-bond acceptors (Lipinski definition) is 6. The quantitative estimate of drug-likeness (QED) is 0.560. The highest BCUT2D eigenvalue weighted by Gasteiger charge is 2.62. The van der Waals surface area contributed by atoms with Gasteiger partial charge in [-0.15, -0.1) is 0 Å². The summed E-state index contributed by atoms with van der Waals surface area (Å²) in [6.07, 6.45) is 11.4. The van der Waals surface area contributed by atoms with Crippen LogP contribution in [0.1, 0.15) is 104 Å². The number of hydrogen-bond donors (Lipinski definition) is 2. The van der Waals surface area contributed by atoms with Crippen molar-refractivity contribution in [2.75, 3.05) is 13.1 Å². The van der Waals surface area contributed by atoms with Gasteiger partial charge in [0.05, 0.1) is 0 Å². The van der Waals surface area contributed by atoms with Gasteiger partial charge >= 0.3 is 12.2 Å². The van der Waals surface area contributed by atoms with E-state index in [0.717, 1.165) is 89.9 Å². The maximum Gasteiger partial charge on any atom is 0.412 e. The number of aliphatic hydroxyl groups is 2. The zero-order valence-electron chi connectivity index (χ0n) is 19.7. The van der Waals surface area contributed by atoms with E-state index in [-0.39, 0.29) is 0 Å². The van der Waals surface area contributed by atoms with E-state index < -0.39 is 34.8 Å². The summed E-state index contributed by atoms with van der Waals surface area (Å²) >= 11 is 0. The van der Waals surface area contributed by atoms with Crippen LogP contribution >= 0.6 is 0 Å². The molecule has 2 heterocycles. The van der Waals surface area contributed by atoms with Crippen molar-refractivity contribution in [3.8, 4) is 0 Å². The molecule has 0 aromatic heterocycles. The molecule has 0 aromatic rings. The van der Waals surface area contributed by atoms with Crippen molar-refractivity contribution < 1.29 is 29.3 Å². The molecular formula is C24H40N2O6. The molecule has 2 aliphatic carbocycles. The van der Waals surface area contributed by atoms with Gasteiger partial charge < -0.3 is 19.7 Å². The molecule has 2 saturated heterocycles. The normalized spacial score (nSPS) is 33.8. The van der Waals surface area contributed by atoms with Gasteiger partial charge in [0.2, 0.25) is 0 Å². The minimum Gasteiger partial charge on any atom is -0.438 e. The minimum absolute atomic E-state index is 0.412. The summed E-state index contributed by atoms with van der Waals surface area (Å²) in [4.78, 5) is 27.9. The fourth-order valence-electron chi connectivity index (χ4n) is 6.39. The van der Waals surface area contributed by atoms with Crippen molar-refractivity contribution in [2.45, 2.75) is 126 Å². The molecule has 2 saturated carbocycles. The Kier molecular flexibility index (Phi) is 6.40. The minimum atomic E-state index is -1.27. The Morgan fingerprint density at radius 1 is 0.656 bits per heavy atom. The molecule has 182 valence electrons. The summed E-state index contributed by atoms with van der Waals surface area (Å²) in [6, 6.07) is 0. The Labute approximate surface area is 191 Å². The van der Waals surface area contributed by atoms with Crippen molar-refractivity contribution in [1.82, 2.24) is 9.80 Å². The third-order valence-corrected chi connectivity index (χ3v) is 8.62. The number of carbonyl (C=O) groups excluding carboxylic acids is 2. The van der Waals surface area contributed by atoms with Crippen LogP contribution in [0.15, 0.2) is 0 Å². The SMILES string of the molecule is CC1(O)N(CCCCCCN2C(=O)OC3(CCCCC3)C2(C)O)C(=O)OC12CCCCC2. The Morgan fingerprint density at radius 3 is 1.34 bits per heavy atom. The lowest BCUT2D eigenvalue weighted by Gasteiger charge is -2.42. The number of ether oxygens (including phenoxy) is 2. The molecule has 4 aliphatic rings. The van der Waals surface area contributed by atoms with Gasteiger partial charge in [-0.3, -0.25) is 9.80 Å². The van der Waals surface area contributed by atoms with Crippen LogP contribution in [-0.4, -0.2) is 67.9 Å². The smallest absolute Gasteiger partial charge is 0.412 e. The van der Waals surface area contributed by atoms with Crippen molar-refractivity contribution in [1.29, 1.82) is 0 Å². The monoisotopic (exact) mass is 452 g/mol. The summed E-state index contributed by atoms with van der Waals surface area (Å²) < 4.78 is 11.4. The average molecular weight is 453 g/mol. The number of unbranched alkanes of at least 4 members (excludes halogenated alkanes) is 3. The van der Waals surface area contributed by atoms with Gasteiger partial charge in [-0.1, -0.05) is 25.7 Å². The summed E-state index contributed by atoms with van der Waals surface area (Å²) in [6.45, 7) is 4.34. The maximum atomic E-state index is 12.5. The van der Waals surface area contributed by atoms with Gasteiger partial charge in [0.1, 0.15) is 0 Å². The Balaban J connectivity index is 1.22. The summed E-state index contributed by atoms with van der Waals surface area (Å²) in [5.41, 5.74) is -4.06. The lowest BCUT2D eigenvalue weighted by molar-refractivity contribution is -0.159. The van der Waals surface area contributed by atoms with Gasteiger partial charge in [-0.2, -0.15) is 0 Å². The van der Waals surface area contributed by atoms with Crippen molar-refractivity contribution in [3.05, 3.63) is 0 Å². The molecule has 2 N–H and O–H groups in total. The Bertz CT molecular complexity index is 649. The molecule has 2 unspecified atom stereocenters. The highest BCUT2D eigenvalue weighted by Crippen LogP contribution is 2.48. The van der Waals surface area contributed by atoms with Gasteiger partial charge in [0.25, 0.3) is 0 Å². The second-order valence-electron chi connectivity index (χ2n) is 10.6. The average Bonchev–Trinajstić information content (AvgIpc) is 3.03. The second-order valence-corrected chi connectivity index (χ2v) is 10.6. The first-order valence-electron chi connectivity index (χ1n) is 12.6. The van der Waals surface area contributed by atoms with Gasteiger partial charge in [0, 0.05) is 13.1 Å². The predicted octanol–water partition coefficient (Wildman–Crippen LogP) is 4.27. The number of carbonyl (C=O) groups is 2. The molecule has 2 atom stereocenters. The predicted molar refractivity (Wildman–Crippen MR) is 118 cm³/mol. The van der Waals surface area contributed by atoms with Crippen LogP contribution in [0.5, 0.6) is 0 Å². The zero-order valence-corrected chi connectivity index (χ0v) is 19.7. The zero-order chi connectivity index (χ0) is 23.0. The molecule has 0 radical (unpaired) electrons. The lowest BCUT2D eigenvalue weighted by atomic mass is 9.77. The van der Waals surface area contributed by atoms with Crippen LogP contribution < -0.4 is 0 Å². The first-order valence-corrected chi connectivity index (χ1v) is 12.6. The van der Waals surface area contributed by atoms with Crippen molar-refractivity contribution in [2.24, 2.45) is 0 Å². The van der Waals surface area contributed by atoms with E-state index in [1.54, 1.807) is 13.8 Å². The molecule has 2 amide bonds. The van der Waals surface area contributed by atoms with E-state index in [0.29, 0.717) is 13.1 Å². The molecular weight excluding hydrogens is 412 g/mol. The van der Waals surface area contributed by atoms with E-state index in [9.17, 15) is 19.8 Å². The number of nitrogens with zero attached hydrogens (tertiary/aromatic N) is 2.